The summed E-state index contributed by atoms with van der Waals surface area (Å²) in [6, 6.07) is 8.31. The number of hydrogen-bond donors (Lipinski definition) is 1. The van der Waals surface area contributed by atoms with Crippen LogP contribution in [0.2, 0.25) is 0 Å². The van der Waals surface area contributed by atoms with Crippen LogP contribution in [0.4, 0.5) is 29.5 Å². The van der Waals surface area contributed by atoms with E-state index in [1.165, 1.54) is 24.4 Å². The fourth-order valence-electron chi connectivity index (χ4n) is 3.29. The number of urea groups is 1. The van der Waals surface area contributed by atoms with Crippen LogP contribution in [0.5, 0.6) is 0 Å². The van der Waals surface area contributed by atoms with Crippen LogP contribution in [-0.4, -0.2) is 50.7 Å². The second kappa shape index (κ2) is 9.18. The summed E-state index contributed by atoms with van der Waals surface area (Å²) < 4.78 is 88.5. The molecule has 190 valence electrons. The number of carbonyl (C=O) groups is 2. The van der Waals surface area contributed by atoms with Gasteiger partial charge in [0.25, 0.3) is 25.8 Å². The van der Waals surface area contributed by atoms with Crippen molar-refractivity contribution in [2.24, 2.45) is 0 Å². The first-order valence-electron chi connectivity index (χ1n) is 9.84. The molecule has 0 bridgehead atoms. The lowest BCUT2D eigenvalue weighted by Crippen LogP contribution is -2.32. The van der Waals surface area contributed by atoms with Crippen molar-refractivity contribution in [3.63, 3.8) is 0 Å². The zero-order chi connectivity index (χ0) is 26.3. The highest BCUT2D eigenvalue weighted by Crippen LogP contribution is 2.32. The SMILES string of the molecule is O=C1CN(Cc2ccnc(NS(=O)(=O)c3cccs3)c2)C(=O)N1c1ccc(S(=O)(=O)C(F)(F)F)cc1. The Bertz CT molecular complexity index is 1520. The van der Waals surface area contributed by atoms with Crippen LogP contribution in [0.15, 0.2) is 69.2 Å². The molecule has 3 aromatic rings. The Kier molecular flexibility index (Phi) is 6.52. The van der Waals surface area contributed by atoms with Gasteiger partial charge in [0.2, 0.25) is 0 Å². The van der Waals surface area contributed by atoms with Crippen LogP contribution >= 0.6 is 11.3 Å². The normalized spacial score (nSPS) is 15.0. The molecule has 16 heteroatoms. The molecule has 1 aliphatic heterocycles. The van der Waals surface area contributed by atoms with E-state index in [1.54, 1.807) is 11.4 Å². The first-order chi connectivity index (χ1) is 16.8. The number of benzene rings is 1. The van der Waals surface area contributed by atoms with Gasteiger partial charge < -0.3 is 4.90 Å². The van der Waals surface area contributed by atoms with Crippen LogP contribution in [0.3, 0.4) is 0 Å². The summed E-state index contributed by atoms with van der Waals surface area (Å²) in [6.07, 6.45) is 1.32. The number of rotatable bonds is 7. The van der Waals surface area contributed by atoms with Gasteiger partial charge in [0, 0.05) is 12.7 Å². The molecule has 0 radical (unpaired) electrons. The van der Waals surface area contributed by atoms with Gasteiger partial charge in [-0.2, -0.15) is 13.2 Å². The van der Waals surface area contributed by atoms with Gasteiger partial charge in [0.15, 0.2) is 0 Å². The molecule has 1 fully saturated rings. The van der Waals surface area contributed by atoms with Crippen molar-refractivity contribution in [3.8, 4) is 0 Å². The highest BCUT2D eigenvalue weighted by molar-refractivity contribution is 7.94. The lowest BCUT2D eigenvalue weighted by molar-refractivity contribution is -0.116. The number of pyridine rings is 1. The summed E-state index contributed by atoms with van der Waals surface area (Å²) in [5.41, 5.74) is -5.15. The van der Waals surface area contributed by atoms with Gasteiger partial charge in [-0.15, -0.1) is 11.3 Å². The number of amides is 3. The Morgan fingerprint density at radius 3 is 2.33 bits per heavy atom. The van der Waals surface area contributed by atoms with E-state index in [9.17, 15) is 39.6 Å². The smallest absolute Gasteiger partial charge is 0.310 e. The van der Waals surface area contributed by atoms with Crippen LogP contribution < -0.4 is 9.62 Å². The number of hydrogen-bond acceptors (Lipinski definition) is 8. The average molecular weight is 561 g/mol. The van der Waals surface area contributed by atoms with Crippen molar-refractivity contribution >= 4 is 54.6 Å². The fourth-order valence-corrected chi connectivity index (χ4v) is 6.04. The van der Waals surface area contributed by atoms with E-state index in [-0.39, 0.29) is 28.8 Å². The van der Waals surface area contributed by atoms with E-state index in [0.717, 1.165) is 28.4 Å². The molecule has 0 aliphatic carbocycles. The third-order valence-electron chi connectivity index (χ3n) is 4.94. The lowest BCUT2D eigenvalue weighted by atomic mass is 10.2. The topological polar surface area (TPSA) is 134 Å². The van der Waals surface area contributed by atoms with Crippen LogP contribution in [0, 0.1) is 0 Å². The van der Waals surface area contributed by atoms with Crippen molar-refractivity contribution < 1.29 is 39.6 Å². The molecule has 1 aromatic carbocycles. The number of halogens is 3. The number of nitrogens with zero attached hydrogens (tertiary/aromatic N) is 3. The van der Waals surface area contributed by atoms with E-state index in [4.69, 9.17) is 0 Å². The van der Waals surface area contributed by atoms with E-state index < -0.39 is 42.2 Å². The highest BCUT2D eigenvalue weighted by atomic mass is 32.2. The number of sulfonamides is 1. The standard InChI is InChI=1S/C20H15F3N4O6S3/c21-20(22,23)35(30,31)15-5-3-14(4-6-15)27-17(28)12-26(19(27)29)11-13-7-8-24-16(10-13)25-36(32,33)18-2-1-9-34-18/h1-10H,11-12H2,(H,24,25). The minimum absolute atomic E-state index is 0.00260. The maximum atomic E-state index is 12.8. The summed E-state index contributed by atoms with van der Waals surface area (Å²) in [4.78, 5) is 30.1. The minimum atomic E-state index is -5.58. The van der Waals surface area contributed by atoms with Crippen LogP contribution in [0.1, 0.15) is 5.56 Å². The Morgan fingerprint density at radius 2 is 1.72 bits per heavy atom. The first kappa shape index (κ1) is 25.6. The summed E-state index contributed by atoms with van der Waals surface area (Å²) >= 11 is 1.02. The number of nitrogens with one attached hydrogen (secondary N) is 1. The number of alkyl halides is 3. The van der Waals surface area contributed by atoms with E-state index in [0.29, 0.717) is 22.6 Å². The summed E-state index contributed by atoms with van der Waals surface area (Å²) in [5.74, 6) is -0.684. The number of imide groups is 1. The minimum Gasteiger partial charge on any atom is -0.310 e. The average Bonchev–Trinajstić information content (AvgIpc) is 3.42. The van der Waals surface area contributed by atoms with Crippen LogP contribution in [0.25, 0.3) is 0 Å². The summed E-state index contributed by atoms with van der Waals surface area (Å²) in [7, 11) is -9.43. The van der Waals surface area contributed by atoms with Gasteiger partial charge in [-0.25, -0.2) is 31.5 Å². The van der Waals surface area contributed by atoms with Crippen molar-refractivity contribution in [2.45, 2.75) is 21.2 Å². The molecule has 0 saturated carbocycles. The molecule has 3 amide bonds. The molecule has 4 rings (SSSR count). The summed E-state index contributed by atoms with van der Waals surface area (Å²) in [5, 5.41) is 1.60. The van der Waals surface area contributed by atoms with Gasteiger partial charge >= 0.3 is 11.5 Å². The zero-order valence-electron chi connectivity index (χ0n) is 17.8. The molecule has 2 aromatic heterocycles. The Morgan fingerprint density at radius 1 is 1.03 bits per heavy atom. The number of sulfone groups is 1. The molecule has 1 aliphatic rings. The third kappa shape index (κ3) is 4.91. The Balaban J connectivity index is 1.49. The number of anilines is 2. The number of carbonyl (C=O) groups excluding carboxylic acids is 2. The van der Waals surface area contributed by atoms with Crippen LogP contribution in [-0.2, 0) is 31.2 Å². The Labute approximate surface area is 206 Å². The van der Waals surface area contributed by atoms with Gasteiger partial charge in [-0.05, 0) is 53.4 Å². The monoisotopic (exact) mass is 560 g/mol. The van der Waals surface area contributed by atoms with Gasteiger partial charge in [-0.3, -0.25) is 9.52 Å². The van der Waals surface area contributed by atoms with E-state index in [2.05, 4.69) is 9.71 Å². The molecule has 0 spiro atoms. The molecule has 3 heterocycles. The van der Waals surface area contributed by atoms with E-state index >= 15 is 0 Å². The van der Waals surface area contributed by atoms with Gasteiger partial charge in [-0.1, -0.05) is 6.07 Å². The maximum Gasteiger partial charge on any atom is 0.501 e. The van der Waals surface area contributed by atoms with Crippen molar-refractivity contribution in [1.82, 2.24) is 9.88 Å². The van der Waals surface area contributed by atoms with Gasteiger partial charge in [0.1, 0.15) is 16.6 Å². The van der Waals surface area contributed by atoms with E-state index in [1.807, 2.05) is 0 Å². The zero-order valence-corrected chi connectivity index (χ0v) is 20.3. The first-order valence-corrected chi connectivity index (χ1v) is 13.7. The molecular formula is C20H15F3N4O6S3. The molecule has 1 saturated heterocycles. The predicted molar refractivity (Wildman–Crippen MR) is 122 cm³/mol. The quantitative estimate of drug-likeness (QED) is 0.439. The third-order valence-corrected chi connectivity index (χ3v) is 9.20. The number of thiophene rings is 1. The molecule has 0 atom stereocenters. The van der Waals surface area contributed by atoms with Crippen molar-refractivity contribution in [1.29, 1.82) is 0 Å². The Hall–Kier alpha value is -3.50. The van der Waals surface area contributed by atoms with Crippen molar-refractivity contribution in [2.75, 3.05) is 16.2 Å². The second-order valence-corrected chi connectivity index (χ2v) is 12.2. The second-order valence-electron chi connectivity index (χ2n) is 7.40. The molecular weight excluding hydrogens is 545 g/mol. The largest absolute Gasteiger partial charge is 0.501 e. The maximum absolute atomic E-state index is 12.8. The fraction of sp³-hybridized carbons (Fsp3) is 0.150. The molecule has 1 N–H and O–H groups in total. The highest BCUT2D eigenvalue weighted by Gasteiger charge is 2.47. The van der Waals surface area contributed by atoms with Crippen molar-refractivity contribution in [3.05, 3.63) is 65.7 Å². The number of aromatic nitrogens is 1. The molecule has 10 nitrogen and oxygen atoms in total. The predicted octanol–water partition coefficient (Wildman–Crippen LogP) is 3.21. The molecule has 0 unspecified atom stereocenters. The summed E-state index contributed by atoms with van der Waals surface area (Å²) in [6.45, 7) is -0.460. The lowest BCUT2D eigenvalue weighted by Gasteiger charge is -2.18. The molecule has 36 heavy (non-hydrogen) atoms. The van der Waals surface area contributed by atoms with Gasteiger partial charge in [0.05, 0.1) is 10.6 Å².